The lowest BCUT2D eigenvalue weighted by molar-refractivity contribution is -0.153. The Balaban J connectivity index is 0.000000202. The van der Waals surface area contributed by atoms with E-state index in [2.05, 4.69) is 17.1 Å². The lowest BCUT2D eigenvalue weighted by Crippen LogP contribution is -2.12. The molecule has 1 N–H and O–H groups in total. The van der Waals surface area contributed by atoms with Crippen molar-refractivity contribution in [2.45, 2.75) is 13.3 Å². The molecule has 0 radical (unpaired) electrons. The summed E-state index contributed by atoms with van der Waals surface area (Å²) >= 11 is 0. The third kappa shape index (κ3) is 6.12. The van der Waals surface area contributed by atoms with Crippen molar-refractivity contribution < 1.29 is 9.63 Å². The zero-order valence-electron chi connectivity index (χ0n) is 8.04. The lowest BCUT2D eigenvalue weighted by atomic mass is 10.2. The monoisotopic (exact) mass is 174 g/mol. The van der Waals surface area contributed by atoms with E-state index in [-0.39, 0.29) is 0 Å². The SMILES string of the molecule is CC1CCNC1.CON(C)C=O. The standard InChI is InChI=1S/C5H11N.C3H7NO2/c1-5-2-3-6-4-5;1-4(3-5)6-2/h5-6H,2-4H2,1H3;3H,1-2H3. The Bertz CT molecular complexity index is 114. The van der Waals surface area contributed by atoms with E-state index in [1.54, 1.807) is 0 Å². The van der Waals surface area contributed by atoms with Crippen LogP contribution < -0.4 is 5.32 Å². The Morgan fingerprint density at radius 1 is 1.67 bits per heavy atom. The van der Waals surface area contributed by atoms with Crippen LogP contribution >= 0.6 is 0 Å². The minimum atomic E-state index is 0.583. The quantitative estimate of drug-likeness (QED) is 0.482. The number of carbonyl (C=O) groups excluding carboxylic acids is 1. The van der Waals surface area contributed by atoms with E-state index in [1.165, 1.54) is 33.7 Å². The van der Waals surface area contributed by atoms with Gasteiger partial charge in [-0.25, -0.2) is 5.06 Å². The molecule has 12 heavy (non-hydrogen) atoms. The molecule has 1 heterocycles. The molecule has 0 spiro atoms. The first-order valence-corrected chi connectivity index (χ1v) is 4.13. The molecule has 1 atom stereocenters. The largest absolute Gasteiger partial charge is 0.316 e. The summed E-state index contributed by atoms with van der Waals surface area (Å²) in [4.78, 5) is 13.9. The molecule has 1 unspecified atom stereocenters. The molecule has 1 fully saturated rings. The average Bonchev–Trinajstić information content (AvgIpc) is 2.55. The minimum Gasteiger partial charge on any atom is -0.316 e. The van der Waals surface area contributed by atoms with E-state index in [4.69, 9.17) is 0 Å². The Hall–Kier alpha value is -0.610. The molecule has 0 aliphatic carbocycles. The first-order chi connectivity index (χ1) is 5.70. The Kier molecular flexibility index (Phi) is 6.70. The molecule has 0 saturated carbocycles. The molecule has 1 saturated heterocycles. The van der Waals surface area contributed by atoms with Crippen LogP contribution in [0.4, 0.5) is 0 Å². The smallest absolute Gasteiger partial charge is 0.233 e. The van der Waals surface area contributed by atoms with Crippen molar-refractivity contribution in [2.75, 3.05) is 27.2 Å². The molecule has 4 nitrogen and oxygen atoms in total. The summed E-state index contributed by atoms with van der Waals surface area (Å²) in [6, 6.07) is 0. The Morgan fingerprint density at radius 2 is 2.33 bits per heavy atom. The number of carbonyl (C=O) groups is 1. The van der Waals surface area contributed by atoms with E-state index in [9.17, 15) is 4.79 Å². The zero-order valence-corrected chi connectivity index (χ0v) is 8.04. The summed E-state index contributed by atoms with van der Waals surface area (Å²) in [5.41, 5.74) is 0. The van der Waals surface area contributed by atoms with Crippen molar-refractivity contribution >= 4 is 6.41 Å². The summed E-state index contributed by atoms with van der Waals surface area (Å²) in [5.74, 6) is 0.935. The van der Waals surface area contributed by atoms with Gasteiger partial charge < -0.3 is 5.32 Å². The van der Waals surface area contributed by atoms with Gasteiger partial charge in [0, 0.05) is 7.05 Å². The average molecular weight is 174 g/mol. The molecule has 1 rings (SSSR count). The van der Waals surface area contributed by atoms with Crippen LogP contribution in [0.1, 0.15) is 13.3 Å². The third-order valence-corrected chi connectivity index (χ3v) is 1.74. The fourth-order valence-electron chi connectivity index (χ4n) is 0.842. The maximum absolute atomic E-state index is 9.54. The lowest BCUT2D eigenvalue weighted by Gasteiger charge is -2.02. The Labute approximate surface area is 73.8 Å². The van der Waals surface area contributed by atoms with Gasteiger partial charge in [-0.05, 0) is 25.4 Å². The third-order valence-electron chi connectivity index (χ3n) is 1.74. The normalized spacial score (nSPS) is 21.1. The van der Waals surface area contributed by atoms with Crippen LogP contribution in [0.15, 0.2) is 0 Å². The zero-order chi connectivity index (χ0) is 9.40. The van der Waals surface area contributed by atoms with Crippen molar-refractivity contribution in [3.8, 4) is 0 Å². The van der Waals surface area contributed by atoms with Gasteiger partial charge in [0.1, 0.15) is 0 Å². The first kappa shape index (κ1) is 11.4. The highest BCUT2D eigenvalue weighted by Gasteiger charge is 2.06. The van der Waals surface area contributed by atoms with Crippen molar-refractivity contribution in [1.29, 1.82) is 0 Å². The number of hydroxylamine groups is 2. The van der Waals surface area contributed by atoms with E-state index in [0.717, 1.165) is 11.0 Å². The molecule has 0 aromatic heterocycles. The van der Waals surface area contributed by atoms with Gasteiger partial charge in [0.25, 0.3) is 0 Å². The number of hydrogen-bond acceptors (Lipinski definition) is 3. The highest BCUT2D eigenvalue weighted by molar-refractivity contribution is 5.44. The second-order valence-corrected chi connectivity index (χ2v) is 2.93. The second-order valence-electron chi connectivity index (χ2n) is 2.93. The number of nitrogens with zero attached hydrogens (tertiary/aromatic N) is 1. The number of amides is 1. The van der Waals surface area contributed by atoms with Gasteiger partial charge in [-0.15, -0.1) is 0 Å². The molecule has 1 aliphatic heterocycles. The van der Waals surface area contributed by atoms with Gasteiger partial charge in [0.2, 0.25) is 6.41 Å². The molecule has 72 valence electrons. The number of hydrogen-bond donors (Lipinski definition) is 1. The highest BCUT2D eigenvalue weighted by Crippen LogP contribution is 2.03. The number of nitrogens with one attached hydrogen (secondary N) is 1. The molecule has 4 heteroatoms. The number of rotatable bonds is 2. The molecule has 1 amide bonds. The van der Waals surface area contributed by atoms with Gasteiger partial charge in [0.15, 0.2) is 0 Å². The molecular weight excluding hydrogens is 156 g/mol. The summed E-state index contributed by atoms with van der Waals surface area (Å²) in [5, 5.41) is 4.34. The van der Waals surface area contributed by atoms with Crippen LogP contribution in [0, 0.1) is 5.92 Å². The van der Waals surface area contributed by atoms with Crippen LogP contribution in [0.5, 0.6) is 0 Å². The van der Waals surface area contributed by atoms with Gasteiger partial charge in [-0.2, -0.15) is 0 Å². The molecule has 0 bridgehead atoms. The fraction of sp³-hybridized carbons (Fsp3) is 0.875. The van der Waals surface area contributed by atoms with E-state index < -0.39 is 0 Å². The van der Waals surface area contributed by atoms with Crippen molar-refractivity contribution in [3.05, 3.63) is 0 Å². The van der Waals surface area contributed by atoms with Crippen LogP contribution in [0.2, 0.25) is 0 Å². The van der Waals surface area contributed by atoms with E-state index in [1.807, 2.05) is 0 Å². The minimum absolute atomic E-state index is 0.583. The summed E-state index contributed by atoms with van der Waals surface area (Å²) < 4.78 is 0. The predicted molar refractivity (Wildman–Crippen MR) is 47.5 cm³/mol. The van der Waals surface area contributed by atoms with Gasteiger partial charge in [-0.3, -0.25) is 9.63 Å². The second kappa shape index (κ2) is 7.06. The molecule has 1 aliphatic rings. The van der Waals surface area contributed by atoms with Gasteiger partial charge >= 0.3 is 0 Å². The summed E-state index contributed by atoms with van der Waals surface area (Å²) in [6.45, 7) is 4.75. The first-order valence-electron chi connectivity index (χ1n) is 4.13. The Morgan fingerprint density at radius 3 is 2.42 bits per heavy atom. The predicted octanol–water partition coefficient (Wildman–Crippen LogP) is 0.252. The van der Waals surface area contributed by atoms with Gasteiger partial charge in [-0.1, -0.05) is 6.92 Å². The molecule has 0 aromatic carbocycles. The van der Waals surface area contributed by atoms with Gasteiger partial charge in [0.05, 0.1) is 7.11 Å². The fourth-order valence-corrected chi connectivity index (χ4v) is 0.842. The van der Waals surface area contributed by atoms with Crippen molar-refractivity contribution in [1.82, 2.24) is 10.4 Å². The van der Waals surface area contributed by atoms with Crippen molar-refractivity contribution in [2.24, 2.45) is 5.92 Å². The van der Waals surface area contributed by atoms with E-state index in [0.29, 0.717) is 6.41 Å². The van der Waals surface area contributed by atoms with Crippen LogP contribution in [0.25, 0.3) is 0 Å². The van der Waals surface area contributed by atoms with Crippen LogP contribution in [0.3, 0.4) is 0 Å². The maximum atomic E-state index is 9.54. The highest BCUT2D eigenvalue weighted by atomic mass is 16.7. The van der Waals surface area contributed by atoms with Crippen LogP contribution in [-0.4, -0.2) is 38.7 Å². The molecular formula is C8H18N2O2. The topological polar surface area (TPSA) is 41.6 Å². The van der Waals surface area contributed by atoms with Crippen LogP contribution in [-0.2, 0) is 9.63 Å². The van der Waals surface area contributed by atoms with E-state index >= 15 is 0 Å². The maximum Gasteiger partial charge on any atom is 0.233 e. The summed E-state index contributed by atoms with van der Waals surface area (Å²) in [6.07, 6.45) is 1.96. The summed E-state index contributed by atoms with van der Waals surface area (Å²) in [7, 11) is 2.95. The van der Waals surface area contributed by atoms with Crippen molar-refractivity contribution in [3.63, 3.8) is 0 Å². The molecule has 0 aromatic rings.